The quantitative estimate of drug-likeness (QED) is 0.793. The van der Waals surface area contributed by atoms with Gasteiger partial charge in [0, 0.05) is 19.2 Å². The van der Waals surface area contributed by atoms with Crippen LogP contribution in [-0.4, -0.2) is 23.5 Å². The Morgan fingerprint density at radius 3 is 3.18 bits per heavy atom. The van der Waals surface area contributed by atoms with Gasteiger partial charge in [-0.1, -0.05) is 0 Å². The minimum atomic E-state index is 0.0288. The lowest BCUT2D eigenvalue weighted by Gasteiger charge is -2.08. The lowest BCUT2D eigenvalue weighted by atomic mass is 10.1. The van der Waals surface area contributed by atoms with E-state index in [4.69, 9.17) is 10.5 Å². The Bertz CT molecular complexity index is 387. The predicted octanol–water partition coefficient (Wildman–Crippen LogP) is 2.20. The van der Waals surface area contributed by atoms with E-state index in [9.17, 15) is 4.79 Å². The number of pyridine rings is 1. The normalized spacial score (nSPS) is 19.4. The van der Waals surface area contributed by atoms with Gasteiger partial charge in [-0.25, -0.2) is 0 Å². The van der Waals surface area contributed by atoms with Crippen LogP contribution in [0.5, 0.6) is 0 Å². The Hall–Kier alpha value is -1.42. The maximum absolute atomic E-state index is 11.9. The zero-order valence-electron chi connectivity index (χ0n) is 9.89. The van der Waals surface area contributed by atoms with E-state index < -0.39 is 0 Å². The summed E-state index contributed by atoms with van der Waals surface area (Å²) in [4.78, 5) is 15.9. The fraction of sp³-hybridized carbons (Fsp3) is 0.538. The molecule has 17 heavy (non-hydrogen) atoms. The molecule has 0 bridgehead atoms. The average molecular weight is 234 g/mol. The van der Waals surface area contributed by atoms with Crippen LogP contribution < -0.4 is 5.73 Å². The van der Waals surface area contributed by atoms with E-state index in [0.717, 1.165) is 32.3 Å². The topological polar surface area (TPSA) is 65.2 Å². The van der Waals surface area contributed by atoms with Gasteiger partial charge >= 0.3 is 0 Å². The monoisotopic (exact) mass is 234 g/mol. The molecular formula is C13H18N2O2. The molecule has 0 spiro atoms. The molecule has 4 heteroatoms. The highest BCUT2D eigenvalue weighted by molar-refractivity contribution is 5.98. The molecule has 1 aromatic heterocycles. The number of ether oxygens (including phenoxy) is 1. The van der Waals surface area contributed by atoms with E-state index in [1.165, 1.54) is 0 Å². The Balaban J connectivity index is 1.79. The van der Waals surface area contributed by atoms with Crippen molar-refractivity contribution in [2.24, 2.45) is 0 Å². The van der Waals surface area contributed by atoms with Crippen LogP contribution in [-0.2, 0) is 4.74 Å². The van der Waals surface area contributed by atoms with Gasteiger partial charge in [0.25, 0.3) is 0 Å². The van der Waals surface area contributed by atoms with Crippen LogP contribution >= 0.6 is 0 Å². The smallest absolute Gasteiger partial charge is 0.183 e. The SMILES string of the molecule is Nc1cccnc1C(=O)CCCC1CCCO1. The fourth-order valence-electron chi connectivity index (χ4n) is 2.13. The molecule has 4 nitrogen and oxygen atoms in total. The van der Waals surface area contributed by atoms with Crippen molar-refractivity contribution >= 4 is 11.5 Å². The van der Waals surface area contributed by atoms with E-state index in [-0.39, 0.29) is 5.78 Å². The van der Waals surface area contributed by atoms with Crippen LogP contribution in [0.2, 0.25) is 0 Å². The molecule has 2 heterocycles. The molecular weight excluding hydrogens is 216 g/mol. The third-order valence-corrected chi connectivity index (χ3v) is 3.06. The Labute approximate surface area is 101 Å². The van der Waals surface area contributed by atoms with Crippen molar-refractivity contribution in [2.45, 2.75) is 38.2 Å². The number of nitrogen functional groups attached to an aromatic ring is 1. The molecule has 2 rings (SSSR count). The second-order valence-electron chi connectivity index (χ2n) is 4.39. The summed E-state index contributed by atoms with van der Waals surface area (Å²) in [5.41, 5.74) is 6.58. The molecule has 1 saturated heterocycles. The van der Waals surface area contributed by atoms with Gasteiger partial charge in [-0.15, -0.1) is 0 Å². The molecule has 1 fully saturated rings. The van der Waals surface area contributed by atoms with E-state index in [0.29, 0.717) is 23.9 Å². The van der Waals surface area contributed by atoms with Crippen LogP contribution in [0, 0.1) is 0 Å². The summed E-state index contributed by atoms with van der Waals surface area (Å²) in [6, 6.07) is 3.44. The van der Waals surface area contributed by atoms with Crippen LogP contribution in [0.25, 0.3) is 0 Å². The summed E-state index contributed by atoms with van der Waals surface area (Å²) in [5, 5.41) is 0. The molecule has 1 aliphatic heterocycles. The third-order valence-electron chi connectivity index (χ3n) is 3.06. The summed E-state index contributed by atoms with van der Waals surface area (Å²) < 4.78 is 5.51. The number of carbonyl (C=O) groups is 1. The highest BCUT2D eigenvalue weighted by atomic mass is 16.5. The summed E-state index contributed by atoms with van der Waals surface area (Å²) >= 11 is 0. The van der Waals surface area contributed by atoms with Gasteiger partial charge in [-0.3, -0.25) is 9.78 Å². The molecule has 1 aromatic rings. The van der Waals surface area contributed by atoms with Crippen molar-refractivity contribution in [3.8, 4) is 0 Å². The van der Waals surface area contributed by atoms with Gasteiger partial charge in [-0.2, -0.15) is 0 Å². The molecule has 0 aromatic carbocycles. The summed E-state index contributed by atoms with van der Waals surface area (Å²) in [5.74, 6) is 0.0288. The maximum atomic E-state index is 11.9. The van der Waals surface area contributed by atoms with Crippen molar-refractivity contribution in [3.63, 3.8) is 0 Å². The van der Waals surface area contributed by atoms with E-state index in [1.807, 2.05) is 0 Å². The van der Waals surface area contributed by atoms with Crippen molar-refractivity contribution < 1.29 is 9.53 Å². The van der Waals surface area contributed by atoms with Crippen LogP contribution in [0.15, 0.2) is 18.3 Å². The van der Waals surface area contributed by atoms with E-state index in [1.54, 1.807) is 18.3 Å². The number of nitrogens with zero attached hydrogens (tertiary/aromatic N) is 1. The number of hydrogen-bond donors (Lipinski definition) is 1. The first kappa shape index (κ1) is 12.0. The highest BCUT2D eigenvalue weighted by Crippen LogP contribution is 2.19. The molecule has 2 N–H and O–H groups in total. The second kappa shape index (κ2) is 5.77. The molecule has 1 aliphatic rings. The third kappa shape index (κ3) is 3.27. The first-order valence-electron chi connectivity index (χ1n) is 6.12. The highest BCUT2D eigenvalue weighted by Gasteiger charge is 2.16. The molecule has 0 aliphatic carbocycles. The van der Waals surface area contributed by atoms with Gasteiger partial charge in [0.15, 0.2) is 5.78 Å². The fourth-order valence-corrected chi connectivity index (χ4v) is 2.13. The number of anilines is 1. The zero-order chi connectivity index (χ0) is 12.1. The van der Waals surface area contributed by atoms with Crippen molar-refractivity contribution in [1.29, 1.82) is 0 Å². The van der Waals surface area contributed by atoms with Gasteiger partial charge in [0.2, 0.25) is 0 Å². The number of nitrogens with two attached hydrogens (primary N) is 1. The van der Waals surface area contributed by atoms with Crippen LogP contribution in [0.3, 0.4) is 0 Å². The summed E-state index contributed by atoms with van der Waals surface area (Å²) in [6.07, 6.45) is 6.53. The number of aromatic nitrogens is 1. The maximum Gasteiger partial charge on any atom is 0.183 e. The van der Waals surface area contributed by atoms with E-state index >= 15 is 0 Å². The van der Waals surface area contributed by atoms with Crippen LogP contribution in [0.1, 0.15) is 42.6 Å². The predicted molar refractivity (Wildman–Crippen MR) is 65.8 cm³/mol. The number of ketones is 1. The molecule has 92 valence electrons. The lowest BCUT2D eigenvalue weighted by Crippen LogP contribution is -2.09. The van der Waals surface area contributed by atoms with Crippen molar-refractivity contribution in [3.05, 3.63) is 24.0 Å². The van der Waals surface area contributed by atoms with Crippen LogP contribution in [0.4, 0.5) is 5.69 Å². The minimum Gasteiger partial charge on any atom is -0.397 e. The first-order chi connectivity index (χ1) is 8.27. The molecule has 1 unspecified atom stereocenters. The Morgan fingerprint density at radius 2 is 2.47 bits per heavy atom. The minimum absolute atomic E-state index is 0.0288. The second-order valence-corrected chi connectivity index (χ2v) is 4.39. The van der Waals surface area contributed by atoms with Gasteiger partial charge < -0.3 is 10.5 Å². The molecule has 1 atom stereocenters. The first-order valence-corrected chi connectivity index (χ1v) is 6.12. The summed E-state index contributed by atoms with van der Waals surface area (Å²) in [6.45, 7) is 0.867. The molecule has 0 amide bonds. The summed E-state index contributed by atoms with van der Waals surface area (Å²) in [7, 11) is 0. The van der Waals surface area contributed by atoms with Gasteiger partial charge in [-0.05, 0) is 37.8 Å². The van der Waals surface area contributed by atoms with Gasteiger partial charge in [0.05, 0.1) is 11.8 Å². The lowest BCUT2D eigenvalue weighted by molar-refractivity contribution is 0.0920. The standard InChI is InChI=1S/C13H18N2O2/c14-11-6-2-8-15-13(11)12(16)7-1-4-10-5-3-9-17-10/h2,6,8,10H,1,3-5,7,9,14H2. The number of rotatable bonds is 5. The van der Waals surface area contributed by atoms with Crippen molar-refractivity contribution in [2.75, 3.05) is 12.3 Å². The number of hydrogen-bond acceptors (Lipinski definition) is 4. The average Bonchev–Trinajstić information content (AvgIpc) is 2.82. The van der Waals surface area contributed by atoms with E-state index in [2.05, 4.69) is 4.98 Å². The number of carbonyl (C=O) groups excluding carboxylic acids is 1. The molecule has 0 radical (unpaired) electrons. The Kier molecular flexibility index (Phi) is 4.09. The largest absolute Gasteiger partial charge is 0.397 e. The number of Topliss-reactive ketones (excluding diaryl/α,β-unsaturated/α-hetero) is 1. The van der Waals surface area contributed by atoms with Crippen molar-refractivity contribution in [1.82, 2.24) is 4.98 Å². The Morgan fingerprint density at radius 1 is 1.59 bits per heavy atom. The zero-order valence-corrected chi connectivity index (χ0v) is 9.89. The molecule has 0 saturated carbocycles. The van der Waals surface area contributed by atoms with Gasteiger partial charge in [0.1, 0.15) is 5.69 Å².